The molecule has 2 saturated heterocycles. The van der Waals surface area contributed by atoms with E-state index in [2.05, 4.69) is 11.4 Å². The second-order valence-electron chi connectivity index (χ2n) is 6.01. The summed E-state index contributed by atoms with van der Waals surface area (Å²) >= 11 is 1.69. The van der Waals surface area contributed by atoms with Gasteiger partial charge in [-0.05, 0) is 30.7 Å². The van der Waals surface area contributed by atoms with E-state index in [1.165, 1.54) is 4.88 Å². The lowest BCUT2D eigenvalue weighted by molar-refractivity contribution is 0.0794. The molecule has 0 aliphatic carbocycles. The number of nitrogens with one attached hydrogen (secondary N) is 1. The van der Waals surface area contributed by atoms with Crippen molar-refractivity contribution in [2.75, 3.05) is 32.9 Å². The highest BCUT2D eigenvalue weighted by Crippen LogP contribution is 2.17. The Hall–Kier alpha value is -1.11. The normalized spacial score (nSPS) is 24.5. The molecule has 22 heavy (non-hydrogen) atoms. The highest BCUT2D eigenvalue weighted by molar-refractivity contribution is 7.09. The topological polar surface area (TPSA) is 50.8 Å². The van der Waals surface area contributed by atoms with Crippen molar-refractivity contribution >= 4 is 17.4 Å². The molecule has 0 saturated carbocycles. The van der Waals surface area contributed by atoms with Gasteiger partial charge in [0.25, 0.3) is 0 Å². The van der Waals surface area contributed by atoms with Crippen LogP contribution >= 0.6 is 11.3 Å². The van der Waals surface area contributed by atoms with Gasteiger partial charge in [-0.25, -0.2) is 4.79 Å². The third-order valence-electron chi connectivity index (χ3n) is 4.23. The summed E-state index contributed by atoms with van der Waals surface area (Å²) in [6.07, 6.45) is 3.36. The monoisotopic (exact) mass is 324 g/mol. The van der Waals surface area contributed by atoms with Gasteiger partial charge in [0, 0.05) is 37.1 Å². The first-order valence-corrected chi connectivity index (χ1v) is 8.94. The SMILES string of the molecule is O=C(NC[C@@H]1CCOC1)N(Cc1cccs1)C[C@@H]1CCCO1. The smallest absolute Gasteiger partial charge is 0.317 e. The van der Waals surface area contributed by atoms with Gasteiger partial charge in [-0.15, -0.1) is 11.3 Å². The number of amides is 2. The summed E-state index contributed by atoms with van der Waals surface area (Å²) < 4.78 is 11.1. The minimum Gasteiger partial charge on any atom is -0.381 e. The molecule has 1 aromatic heterocycles. The second kappa shape index (κ2) is 7.94. The Kier molecular flexibility index (Phi) is 5.70. The zero-order chi connectivity index (χ0) is 15.2. The third kappa shape index (κ3) is 4.44. The van der Waals surface area contributed by atoms with Crippen LogP contribution in [0.3, 0.4) is 0 Å². The Balaban J connectivity index is 1.54. The zero-order valence-electron chi connectivity index (χ0n) is 12.8. The lowest BCUT2D eigenvalue weighted by Gasteiger charge is -2.26. The number of urea groups is 1. The van der Waals surface area contributed by atoms with Crippen LogP contribution in [0.15, 0.2) is 17.5 Å². The Morgan fingerprint density at radius 1 is 1.41 bits per heavy atom. The van der Waals surface area contributed by atoms with Gasteiger partial charge in [0.15, 0.2) is 0 Å². The summed E-state index contributed by atoms with van der Waals surface area (Å²) in [4.78, 5) is 15.6. The molecule has 2 amide bonds. The number of ether oxygens (including phenoxy) is 2. The van der Waals surface area contributed by atoms with E-state index >= 15 is 0 Å². The summed E-state index contributed by atoms with van der Waals surface area (Å²) in [6.45, 7) is 4.42. The van der Waals surface area contributed by atoms with E-state index in [1.54, 1.807) is 11.3 Å². The fourth-order valence-corrected chi connectivity index (χ4v) is 3.65. The zero-order valence-corrected chi connectivity index (χ0v) is 13.6. The predicted octanol–water partition coefficient (Wildman–Crippen LogP) is 2.48. The highest BCUT2D eigenvalue weighted by atomic mass is 32.1. The van der Waals surface area contributed by atoms with Crippen LogP contribution < -0.4 is 5.32 Å². The van der Waals surface area contributed by atoms with Crippen molar-refractivity contribution in [2.45, 2.75) is 31.9 Å². The van der Waals surface area contributed by atoms with E-state index < -0.39 is 0 Å². The molecule has 3 rings (SSSR count). The summed E-state index contributed by atoms with van der Waals surface area (Å²) in [7, 11) is 0. The van der Waals surface area contributed by atoms with Crippen molar-refractivity contribution in [3.05, 3.63) is 22.4 Å². The fraction of sp³-hybridized carbons (Fsp3) is 0.688. The van der Waals surface area contributed by atoms with Gasteiger partial charge in [0.1, 0.15) is 0 Å². The standard InChI is InChI=1S/C16H24N2O3S/c19-16(17-9-13-5-7-20-12-13)18(10-14-3-1-6-21-14)11-15-4-2-8-22-15/h2,4,8,13-14H,1,3,5-7,9-12H2,(H,17,19)/t13-,14-/m0/s1. The molecule has 0 unspecified atom stereocenters. The molecule has 2 aliphatic rings. The molecule has 2 atom stereocenters. The van der Waals surface area contributed by atoms with Crippen LogP contribution in [-0.4, -0.2) is 49.9 Å². The summed E-state index contributed by atoms with van der Waals surface area (Å²) in [5.41, 5.74) is 0. The van der Waals surface area contributed by atoms with E-state index in [-0.39, 0.29) is 12.1 Å². The molecule has 1 aromatic rings. The molecular formula is C16H24N2O3S. The van der Waals surface area contributed by atoms with Crippen molar-refractivity contribution < 1.29 is 14.3 Å². The first kappa shape index (κ1) is 15.8. The molecule has 122 valence electrons. The van der Waals surface area contributed by atoms with Crippen LogP contribution in [-0.2, 0) is 16.0 Å². The van der Waals surface area contributed by atoms with Gasteiger partial charge < -0.3 is 19.7 Å². The average molecular weight is 324 g/mol. The van der Waals surface area contributed by atoms with Crippen molar-refractivity contribution in [1.82, 2.24) is 10.2 Å². The van der Waals surface area contributed by atoms with Crippen molar-refractivity contribution in [1.29, 1.82) is 0 Å². The molecule has 2 fully saturated rings. The fourth-order valence-electron chi connectivity index (χ4n) is 2.93. The Bertz CT molecular complexity index is 454. The summed E-state index contributed by atoms with van der Waals surface area (Å²) in [5, 5.41) is 5.12. The quantitative estimate of drug-likeness (QED) is 0.874. The maximum Gasteiger partial charge on any atom is 0.317 e. The number of hydrogen-bond donors (Lipinski definition) is 1. The minimum absolute atomic E-state index is 0.0100. The molecule has 0 radical (unpaired) electrons. The first-order chi connectivity index (χ1) is 10.8. The van der Waals surface area contributed by atoms with Gasteiger partial charge in [-0.2, -0.15) is 0 Å². The van der Waals surface area contributed by atoms with E-state index in [1.807, 2.05) is 16.3 Å². The summed E-state index contributed by atoms with van der Waals surface area (Å²) in [5.74, 6) is 0.454. The minimum atomic E-state index is 0.0100. The maximum atomic E-state index is 12.5. The van der Waals surface area contributed by atoms with Crippen LogP contribution in [0, 0.1) is 5.92 Å². The Morgan fingerprint density at radius 3 is 3.05 bits per heavy atom. The molecule has 3 heterocycles. The predicted molar refractivity (Wildman–Crippen MR) is 86.0 cm³/mol. The number of thiophene rings is 1. The number of carbonyl (C=O) groups is 1. The molecule has 2 aliphatic heterocycles. The number of carbonyl (C=O) groups excluding carboxylic acids is 1. The van der Waals surface area contributed by atoms with Crippen molar-refractivity contribution in [3.8, 4) is 0 Å². The molecule has 0 bridgehead atoms. The van der Waals surface area contributed by atoms with Crippen LogP contribution in [0.2, 0.25) is 0 Å². The van der Waals surface area contributed by atoms with E-state index in [4.69, 9.17) is 9.47 Å². The van der Waals surface area contributed by atoms with Crippen LogP contribution in [0.4, 0.5) is 4.79 Å². The van der Waals surface area contributed by atoms with E-state index in [0.717, 1.165) is 39.1 Å². The maximum absolute atomic E-state index is 12.5. The third-order valence-corrected chi connectivity index (χ3v) is 5.09. The van der Waals surface area contributed by atoms with Crippen molar-refractivity contribution in [2.24, 2.45) is 5.92 Å². The number of rotatable bonds is 6. The second-order valence-corrected chi connectivity index (χ2v) is 7.04. The average Bonchev–Trinajstić information content (AvgIpc) is 3.27. The van der Waals surface area contributed by atoms with Gasteiger partial charge >= 0.3 is 6.03 Å². The molecule has 0 aromatic carbocycles. The number of hydrogen-bond acceptors (Lipinski definition) is 4. The van der Waals surface area contributed by atoms with Gasteiger partial charge in [0.2, 0.25) is 0 Å². The lowest BCUT2D eigenvalue weighted by Crippen LogP contribution is -2.44. The van der Waals surface area contributed by atoms with E-state index in [0.29, 0.717) is 25.6 Å². The molecule has 5 nitrogen and oxygen atoms in total. The van der Waals surface area contributed by atoms with Crippen LogP contribution in [0.25, 0.3) is 0 Å². The van der Waals surface area contributed by atoms with Crippen LogP contribution in [0.1, 0.15) is 24.1 Å². The summed E-state index contributed by atoms with van der Waals surface area (Å²) in [6, 6.07) is 4.11. The molecule has 6 heteroatoms. The number of nitrogens with zero attached hydrogens (tertiary/aromatic N) is 1. The van der Waals surface area contributed by atoms with Crippen LogP contribution in [0.5, 0.6) is 0 Å². The molecular weight excluding hydrogens is 300 g/mol. The molecule has 1 N–H and O–H groups in total. The van der Waals surface area contributed by atoms with E-state index in [9.17, 15) is 4.79 Å². The van der Waals surface area contributed by atoms with Gasteiger partial charge in [-0.3, -0.25) is 0 Å². The lowest BCUT2D eigenvalue weighted by atomic mass is 10.1. The Morgan fingerprint density at radius 2 is 2.36 bits per heavy atom. The van der Waals surface area contributed by atoms with Gasteiger partial charge in [-0.1, -0.05) is 6.07 Å². The van der Waals surface area contributed by atoms with Gasteiger partial charge in [0.05, 0.1) is 19.3 Å². The van der Waals surface area contributed by atoms with Crippen molar-refractivity contribution in [3.63, 3.8) is 0 Å². The highest BCUT2D eigenvalue weighted by Gasteiger charge is 2.24. The largest absolute Gasteiger partial charge is 0.381 e. The first-order valence-electron chi connectivity index (χ1n) is 8.06. The molecule has 0 spiro atoms. The Labute approximate surface area is 135 Å².